The Morgan fingerprint density at radius 2 is 2.14 bits per heavy atom. The van der Waals surface area contributed by atoms with Crippen LogP contribution in [0.15, 0.2) is 30.3 Å². The van der Waals surface area contributed by atoms with Gasteiger partial charge in [0.2, 0.25) is 0 Å². The minimum absolute atomic E-state index is 0.202. The van der Waals surface area contributed by atoms with E-state index in [1.54, 1.807) is 0 Å². The monoisotopic (exact) mass is 294 g/mol. The molecule has 1 fully saturated rings. The van der Waals surface area contributed by atoms with E-state index in [0.29, 0.717) is 19.8 Å². The van der Waals surface area contributed by atoms with Gasteiger partial charge in [-0.25, -0.2) is 0 Å². The largest absolute Gasteiger partial charge is 0.463 e. The smallest absolute Gasteiger partial charge is 0.308 e. The maximum atomic E-state index is 11.5. The van der Waals surface area contributed by atoms with Crippen molar-refractivity contribution >= 4 is 5.97 Å². The number of rotatable bonds is 7. The van der Waals surface area contributed by atoms with Gasteiger partial charge < -0.3 is 18.9 Å². The first-order valence-corrected chi connectivity index (χ1v) is 7.24. The van der Waals surface area contributed by atoms with Gasteiger partial charge in [-0.15, -0.1) is 0 Å². The minimum Gasteiger partial charge on any atom is -0.463 e. The Kier molecular flexibility index (Phi) is 5.73. The molecule has 0 amide bonds. The van der Waals surface area contributed by atoms with E-state index >= 15 is 0 Å². The zero-order valence-corrected chi connectivity index (χ0v) is 12.5. The average molecular weight is 294 g/mol. The molecular weight excluding hydrogens is 272 g/mol. The van der Waals surface area contributed by atoms with Gasteiger partial charge in [-0.2, -0.15) is 0 Å². The maximum Gasteiger partial charge on any atom is 0.308 e. The highest BCUT2D eigenvalue weighted by atomic mass is 16.8. The third kappa shape index (κ3) is 4.52. The standard InChI is InChI=1S/C16H22O5/c1-3-18-10-9-15(17)19-11-14-12-20-16(2,21-14)13-7-5-4-6-8-13/h4-8,14H,3,9-12H2,1-2H3. The van der Waals surface area contributed by atoms with Crippen LogP contribution in [0.2, 0.25) is 0 Å². The van der Waals surface area contributed by atoms with E-state index < -0.39 is 5.79 Å². The molecule has 2 atom stereocenters. The van der Waals surface area contributed by atoms with Crippen molar-refractivity contribution in [2.75, 3.05) is 26.4 Å². The molecule has 116 valence electrons. The summed E-state index contributed by atoms with van der Waals surface area (Å²) in [6.45, 7) is 5.36. The van der Waals surface area contributed by atoms with Crippen molar-refractivity contribution in [1.82, 2.24) is 0 Å². The van der Waals surface area contributed by atoms with Gasteiger partial charge in [-0.05, 0) is 13.8 Å². The van der Waals surface area contributed by atoms with E-state index in [1.165, 1.54) is 0 Å². The fourth-order valence-corrected chi connectivity index (χ4v) is 2.17. The van der Waals surface area contributed by atoms with Crippen LogP contribution in [0.5, 0.6) is 0 Å². The normalized spacial score (nSPS) is 25.0. The van der Waals surface area contributed by atoms with Gasteiger partial charge in [0.15, 0.2) is 5.79 Å². The summed E-state index contributed by atoms with van der Waals surface area (Å²) in [6.07, 6.45) is 0.0171. The van der Waals surface area contributed by atoms with Crippen molar-refractivity contribution in [3.05, 3.63) is 35.9 Å². The molecule has 2 rings (SSSR count). The van der Waals surface area contributed by atoms with Gasteiger partial charge in [0, 0.05) is 12.2 Å². The number of hydrogen-bond donors (Lipinski definition) is 0. The number of hydrogen-bond acceptors (Lipinski definition) is 5. The molecule has 0 aliphatic carbocycles. The molecule has 0 aromatic heterocycles. The van der Waals surface area contributed by atoms with Crippen molar-refractivity contribution in [3.8, 4) is 0 Å². The molecule has 1 heterocycles. The predicted molar refractivity (Wildman–Crippen MR) is 76.7 cm³/mol. The first-order valence-electron chi connectivity index (χ1n) is 7.24. The molecule has 1 aromatic carbocycles. The highest BCUT2D eigenvalue weighted by Gasteiger charge is 2.39. The van der Waals surface area contributed by atoms with E-state index in [1.807, 2.05) is 44.2 Å². The van der Waals surface area contributed by atoms with Gasteiger partial charge in [0.1, 0.15) is 12.7 Å². The van der Waals surface area contributed by atoms with Crippen LogP contribution in [0, 0.1) is 0 Å². The summed E-state index contributed by atoms with van der Waals surface area (Å²) in [6, 6.07) is 9.73. The Hall–Kier alpha value is -1.43. The van der Waals surface area contributed by atoms with Crippen molar-refractivity contribution in [3.63, 3.8) is 0 Å². The number of carbonyl (C=O) groups is 1. The third-order valence-corrected chi connectivity index (χ3v) is 3.32. The lowest BCUT2D eigenvalue weighted by molar-refractivity contribution is -0.172. The molecule has 5 heteroatoms. The van der Waals surface area contributed by atoms with E-state index in [0.717, 1.165) is 5.56 Å². The van der Waals surface area contributed by atoms with Crippen LogP contribution in [0.4, 0.5) is 0 Å². The zero-order valence-electron chi connectivity index (χ0n) is 12.5. The molecule has 5 nitrogen and oxygen atoms in total. The molecule has 1 aliphatic heterocycles. The molecule has 0 spiro atoms. The second kappa shape index (κ2) is 7.54. The van der Waals surface area contributed by atoms with Gasteiger partial charge in [0.25, 0.3) is 0 Å². The molecule has 0 radical (unpaired) electrons. The van der Waals surface area contributed by atoms with Crippen LogP contribution in [-0.2, 0) is 29.5 Å². The molecule has 1 aromatic rings. The molecule has 1 saturated heterocycles. The zero-order chi connectivity index (χ0) is 15.1. The van der Waals surface area contributed by atoms with Gasteiger partial charge in [-0.1, -0.05) is 30.3 Å². The first-order chi connectivity index (χ1) is 10.1. The molecule has 0 bridgehead atoms. The van der Waals surface area contributed by atoms with E-state index in [-0.39, 0.29) is 25.1 Å². The quantitative estimate of drug-likeness (QED) is 0.570. The van der Waals surface area contributed by atoms with Gasteiger partial charge in [0.05, 0.1) is 19.6 Å². The van der Waals surface area contributed by atoms with Crippen molar-refractivity contribution < 1.29 is 23.7 Å². The lowest BCUT2D eigenvalue weighted by atomic mass is 10.1. The van der Waals surface area contributed by atoms with Gasteiger partial charge in [-0.3, -0.25) is 4.79 Å². The number of ether oxygens (including phenoxy) is 4. The van der Waals surface area contributed by atoms with Crippen LogP contribution >= 0.6 is 0 Å². The molecule has 2 unspecified atom stereocenters. The Morgan fingerprint density at radius 1 is 1.38 bits per heavy atom. The second-order valence-electron chi connectivity index (χ2n) is 4.99. The fourth-order valence-electron chi connectivity index (χ4n) is 2.17. The summed E-state index contributed by atoms with van der Waals surface area (Å²) in [4.78, 5) is 11.5. The van der Waals surface area contributed by atoms with Crippen LogP contribution in [0.1, 0.15) is 25.8 Å². The number of esters is 1. The summed E-state index contributed by atoms with van der Waals surface area (Å²) in [7, 11) is 0. The lowest BCUT2D eigenvalue weighted by Crippen LogP contribution is -2.26. The second-order valence-corrected chi connectivity index (χ2v) is 4.99. The first kappa shape index (κ1) is 15.9. The lowest BCUT2D eigenvalue weighted by Gasteiger charge is -2.23. The van der Waals surface area contributed by atoms with E-state index in [9.17, 15) is 4.79 Å². The highest BCUT2D eigenvalue weighted by molar-refractivity contribution is 5.69. The Labute approximate surface area is 125 Å². The van der Waals surface area contributed by atoms with Gasteiger partial charge >= 0.3 is 5.97 Å². The Bertz CT molecular complexity index is 447. The summed E-state index contributed by atoms with van der Waals surface area (Å²) in [5.74, 6) is -1.05. The van der Waals surface area contributed by atoms with Crippen molar-refractivity contribution in [2.45, 2.75) is 32.2 Å². The highest BCUT2D eigenvalue weighted by Crippen LogP contribution is 2.33. The topological polar surface area (TPSA) is 54.0 Å². The number of benzene rings is 1. The van der Waals surface area contributed by atoms with Crippen LogP contribution in [0.3, 0.4) is 0 Å². The van der Waals surface area contributed by atoms with E-state index in [2.05, 4.69) is 0 Å². The molecule has 0 N–H and O–H groups in total. The summed E-state index contributed by atoms with van der Waals surface area (Å²) in [5.41, 5.74) is 0.954. The molecule has 0 saturated carbocycles. The van der Waals surface area contributed by atoms with Crippen molar-refractivity contribution in [2.24, 2.45) is 0 Å². The predicted octanol–water partition coefficient (Wildman–Crippen LogP) is 2.24. The van der Waals surface area contributed by atoms with Crippen molar-refractivity contribution in [1.29, 1.82) is 0 Å². The Morgan fingerprint density at radius 3 is 2.86 bits per heavy atom. The minimum atomic E-state index is -0.774. The summed E-state index contributed by atoms with van der Waals surface area (Å²) < 4.78 is 21.9. The molecular formula is C16H22O5. The van der Waals surface area contributed by atoms with E-state index in [4.69, 9.17) is 18.9 Å². The average Bonchev–Trinajstić information content (AvgIpc) is 2.89. The number of carbonyl (C=O) groups excluding carboxylic acids is 1. The third-order valence-electron chi connectivity index (χ3n) is 3.32. The molecule has 21 heavy (non-hydrogen) atoms. The fraction of sp³-hybridized carbons (Fsp3) is 0.562. The Balaban J connectivity index is 1.76. The van der Waals surface area contributed by atoms with Crippen LogP contribution in [-0.4, -0.2) is 38.5 Å². The maximum absolute atomic E-state index is 11.5. The summed E-state index contributed by atoms with van der Waals surface area (Å²) >= 11 is 0. The SMILES string of the molecule is CCOCCC(=O)OCC1COC(C)(c2ccccc2)O1. The van der Waals surface area contributed by atoms with Crippen LogP contribution in [0.25, 0.3) is 0 Å². The van der Waals surface area contributed by atoms with Crippen LogP contribution < -0.4 is 0 Å². The molecule has 1 aliphatic rings. The summed E-state index contributed by atoms with van der Waals surface area (Å²) in [5, 5.41) is 0.